The number of carbonyl (C=O) groups excluding carboxylic acids is 1. The first-order chi connectivity index (χ1) is 19.6. The molecule has 0 heterocycles. The van der Waals surface area contributed by atoms with Gasteiger partial charge in [-0.2, -0.15) is 0 Å². The van der Waals surface area contributed by atoms with Gasteiger partial charge in [-0.1, -0.05) is 96.4 Å². The van der Waals surface area contributed by atoms with Crippen molar-refractivity contribution in [1.29, 1.82) is 0 Å². The van der Waals surface area contributed by atoms with Crippen molar-refractivity contribution in [3.8, 4) is 28.4 Å². The quantitative estimate of drug-likeness (QED) is 0.0855. The van der Waals surface area contributed by atoms with Crippen LogP contribution in [0.15, 0.2) is 72.8 Å². The molecule has 0 spiro atoms. The van der Waals surface area contributed by atoms with E-state index in [1.165, 1.54) is 57.8 Å². The number of esters is 1. The van der Waals surface area contributed by atoms with E-state index >= 15 is 0 Å². The minimum Gasteiger partial charge on any atom is -0.494 e. The van der Waals surface area contributed by atoms with Crippen LogP contribution in [0.4, 0.5) is 0 Å². The Balaban J connectivity index is 1.45. The number of ether oxygens (including phenoxy) is 3. The summed E-state index contributed by atoms with van der Waals surface area (Å²) in [6.45, 7) is 7.37. The summed E-state index contributed by atoms with van der Waals surface area (Å²) < 4.78 is 17.6. The number of hydrogen-bond donors (Lipinski definition) is 0. The molecule has 40 heavy (non-hydrogen) atoms. The molecule has 0 aliphatic heterocycles. The average Bonchev–Trinajstić information content (AvgIpc) is 2.99. The molecule has 4 nitrogen and oxygen atoms in total. The standard InChI is InChI=1S/C36H48O4/c1-4-7-9-11-12-14-28-38-33-24-26-35(27-25-33)40-36(37)31-18-16-29(17-19-31)30-20-22-34(23-21-30)39-32(6-3)15-13-10-8-5-2/h16-27,32H,4-15,28H2,1-3H3/t32-/m1/s1. The van der Waals surface area contributed by atoms with Gasteiger partial charge in [0.05, 0.1) is 18.3 Å². The zero-order chi connectivity index (χ0) is 28.4. The zero-order valence-electron chi connectivity index (χ0n) is 24.8. The molecule has 0 amide bonds. The summed E-state index contributed by atoms with van der Waals surface area (Å²) in [5, 5.41) is 0. The highest BCUT2D eigenvalue weighted by atomic mass is 16.5. The second-order valence-electron chi connectivity index (χ2n) is 10.6. The van der Waals surface area contributed by atoms with Gasteiger partial charge < -0.3 is 14.2 Å². The maximum Gasteiger partial charge on any atom is 0.343 e. The SMILES string of the molecule is CCCCCCCCOc1ccc(OC(=O)c2ccc(-c3ccc(O[C@H](CC)CCCCCC)cc3)cc2)cc1. The predicted octanol–water partition coefficient (Wildman–Crippen LogP) is 10.4. The third-order valence-electron chi connectivity index (χ3n) is 7.25. The number of benzene rings is 3. The lowest BCUT2D eigenvalue weighted by Gasteiger charge is -2.18. The molecule has 0 radical (unpaired) electrons. The molecule has 3 aromatic rings. The second-order valence-corrected chi connectivity index (χ2v) is 10.6. The van der Waals surface area contributed by atoms with Crippen molar-refractivity contribution in [3.63, 3.8) is 0 Å². The van der Waals surface area contributed by atoms with Crippen molar-refractivity contribution in [2.75, 3.05) is 6.61 Å². The highest BCUT2D eigenvalue weighted by molar-refractivity contribution is 5.91. The van der Waals surface area contributed by atoms with Crippen molar-refractivity contribution < 1.29 is 19.0 Å². The van der Waals surface area contributed by atoms with Gasteiger partial charge in [0.2, 0.25) is 0 Å². The summed E-state index contributed by atoms with van der Waals surface area (Å²) >= 11 is 0. The van der Waals surface area contributed by atoms with E-state index in [-0.39, 0.29) is 12.1 Å². The fourth-order valence-corrected chi connectivity index (χ4v) is 4.70. The molecule has 0 saturated heterocycles. The minimum atomic E-state index is -0.374. The van der Waals surface area contributed by atoms with Gasteiger partial charge in [0.1, 0.15) is 17.2 Å². The van der Waals surface area contributed by atoms with Crippen LogP contribution in [0, 0.1) is 0 Å². The van der Waals surface area contributed by atoms with Gasteiger partial charge in [0, 0.05) is 0 Å². The number of carbonyl (C=O) groups is 1. The van der Waals surface area contributed by atoms with Crippen LogP contribution in [0.2, 0.25) is 0 Å². The minimum absolute atomic E-state index is 0.266. The van der Waals surface area contributed by atoms with Gasteiger partial charge in [-0.15, -0.1) is 0 Å². The predicted molar refractivity (Wildman–Crippen MR) is 166 cm³/mol. The number of unbranched alkanes of at least 4 members (excludes halogenated alkanes) is 8. The molecule has 0 aromatic heterocycles. The van der Waals surface area contributed by atoms with E-state index in [0.29, 0.717) is 17.9 Å². The first-order valence-corrected chi connectivity index (χ1v) is 15.4. The van der Waals surface area contributed by atoms with Gasteiger partial charge in [-0.05, 0) is 85.3 Å². The van der Waals surface area contributed by atoms with Gasteiger partial charge in [0.15, 0.2) is 0 Å². The van der Waals surface area contributed by atoms with Crippen LogP contribution in [0.25, 0.3) is 11.1 Å². The third kappa shape index (κ3) is 11.1. The van der Waals surface area contributed by atoms with Crippen LogP contribution in [-0.4, -0.2) is 18.7 Å². The van der Waals surface area contributed by atoms with Gasteiger partial charge in [-0.3, -0.25) is 0 Å². The maximum atomic E-state index is 12.7. The van der Waals surface area contributed by atoms with E-state index in [1.807, 2.05) is 48.5 Å². The van der Waals surface area contributed by atoms with Crippen LogP contribution in [0.3, 0.4) is 0 Å². The normalized spacial score (nSPS) is 11.7. The number of hydrogen-bond acceptors (Lipinski definition) is 4. The van der Waals surface area contributed by atoms with Crippen molar-refractivity contribution in [2.24, 2.45) is 0 Å². The molecule has 0 fully saturated rings. The molecule has 1 atom stereocenters. The topological polar surface area (TPSA) is 44.8 Å². The summed E-state index contributed by atoms with van der Waals surface area (Å²) in [6, 6.07) is 23.0. The van der Waals surface area contributed by atoms with Crippen LogP contribution in [-0.2, 0) is 0 Å². The fourth-order valence-electron chi connectivity index (χ4n) is 4.70. The molecule has 0 unspecified atom stereocenters. The highest BCUT2D eigenvalue weighted by Crippen LogP contribution is 2.25. The Bertz CT molecular complexity index is 1090. The Labute approximate surface area is 242 Å². The molecule has 0 aliphatic rings. The van der Waals surface area contributed by atoms with Crippen molar-refractivity contribution in [1.82, 2.24) is 0 Å². The van der Waals surface area contributed by atoms with Crippen LogP contribution in [0.5, 0.6) is 17.2 Å². The van der Waals surface area contributed by atoms with Crippen molar-refractivity contribution >= 4 is 5.97 Å². The van der Waals surface area contributed by atoms with Gasteiger partial charge >= 0.3 is 5.97 Å². The molecule has 3 rings (SSSR count). The average molecular weight is 545 g/mol. The summed E-state index contributed by atoms with van der Waals surface area (Å²) in [6.07, 6.45) is 14.9. The van der Waals surface area contributed by atoms with E-state index in [0.717, 1.165) is 41.9 Å². The van der Waals surface area contributed by atoms with E-state index in [4.69, 9.17) is 14.2 Å². The Morgan fingerprint density at radius 2 is 1.12 bits per heavy atom. The molecule has 0 saturated carbocycles. The van der Waals surface area contributed by atoms with Gasteiger partial charge in [-0.25, -0.2) is 4.79 Å². The largest absolute Gasteiger partial charge is 0.494 e. The highest BCUT2D eigenvalue weighted by Gasteiger charge is 2.11. The zero-order valence-corrected chi connectivity index (χ0v) is 24.8. The molecule has 0 N–H and O–H groups in total. The molecular weight excluding hydrogens is 496 g/mol. The van der Waals surface area contributed by atoms with E-state index in [9.17, 15) is 4.79 Å². The van der Waals surface area contributed by atoms with E-state index < -0.39 is 0 Å². The fraction of sp³-hybridized carbons (Fsp3) is 0.472. The van der Waals surface area contributed by atoms with Crippen LogP contribution >= 0.6 is 0 Å². The smallest absolute Gasteiger partial charge is 0.343 e. The van der Waals surface area contributed by atoms with Gasteiger partial charge in [0.25, 0.3) is 0 Å². The van der Waals surface area contributed by atoms with Crippen LogP contribution in [0.1, 0.15) is 108 Å². The summed E-state index contributed by atoms with van der Waals surface area (Å²) in [5.74, 6) is 1.84. The lowest BCUT2D eigenvalue weighted by Crippen LogP contribution is -2.15. The molecule has 216 valence electrons. The molecule has 0 aliphatic carbocycles. The Kier molecular flexibility index (Phi) is 14.2. The Morgan fingerprint density at radius 3 is 1.75 bits per heavy atom. The maximum absolute atomic E-state index is 12.7. The Morgan fingerprint density at radius 1 is 0.600 bits per heavy atom. The van der Waals surface area contributed by atoms with Crippen molar-refractivity contribution in [3.05, 3.63) is 78.4 Å². The summed E-state index contributed by atoms with van der Waals surface area (Å²) in [4.78, 5) is 12.7. The first-order valence-electron chi connectivity index (χ1n) is 15.4. The second kappa shape index (κ2) is 18.1. The first kappa shape index (κ1) is 31.3. The van der Waals surface area contributed by atoms with Crippen molar-refractivity contribution in [2.45, 2.75) is 104 Å². The molecular formula is C36H48O4. The lowest BCUT2D eigenvalue weighted by molar-refractivity contribution is 0.0734. The number of rotatable bonds is 19. The van der Waals surface area contributed by atoms with E-state index in [1.54, 1.807) is 12.1 Å². The molecule has 0 bridgehead atoms. The molecule has 3 aromatic carbocycles. The lowest BCUT2D eigenvalue weighted by atomic mass is 10.0. The Hall–Kier alpha value is -3.27. The monoisotopic (exact) mass is 544 g/mol. The summed E-state index contributed by atoms with van der Waals surface area (Å²) in [7, 11) is 0. The van der Waals surface area contributed by atoms with E-state index in [2.05, 4.69) is 32.9 Å². The van der Waals surface area contributed by atoms with Crippen LogP contribution < -0.4 is 14.2 Å². The third-order valence-corrected chi connectivity index (χ3v) is 7.25. The summed E-state index contributed by atoms with van der Waals surface area (Å²) in [5.41, 5.74) is 2.64. The molecule has 4 heteroatoms.